The Morgan fingerprint density at radius 3 is 2.50 bits per heavy atom. The van der Waals surface area contributed by atoms with Crippen LogP contribution < -0.4 is 0 Å². The Bertz CT molecular complexity index is 788. The molecule has 9 heteroatoms. The fourth-order valence-electron chi connectivity index (χ4n) is 3.10. The quantitative estimate of drug-likeness (QED) is 0.274. The van der Waals surface area contributed by atoms with Crippen molar-refractivity contribution in [3.05, 3.63) is 39.8 Å². The van der Waals surface area contributed by atoms with E-state index in [-0.39, 0.29) is 11.3 Å². The minimum absolute atomic E-state index is 0.259. The summed E-state index contributed by atoms with van der Waals surface area (Å²) >= 11 is 1.46. The van der Waals surface area contributed by atoms with Gasteiger partial charge in [0, 0.05) is 17.8 Å². The summed E-state index contributed by atoms with van der Waals surface area (Å²) in [6, 6.07) is 2.71. The summed E-state index contributed by atoms with van der Waals surface area (Å²) in [5, 5.41) is 21.8. The van der Waals surface area contributed by atoms with Crippen LogP contribution in [-0.2, 0) is 0 Å². The third kappa shape index (κ3) is 5.48. The molecule has 0 unspecified atom stereocenters. The lowest BCUT2D eigenvalue weighted by Crippen LogP contribution is -2.22. The number of allylic oxidation sites excluding steroid dienone is 1. The number of phenols is 1. The molecule has 1 aromatic rings. The van der Waals surface area contributed by atoms with Crippen molar-refractivity contribution in [1.29, 1.82) is 0 Å². The number of nitrogens with zero attached hydrogens (tertiary/aromatic N) is 5. The van der Waals surface area contributed by atoms with E-state index in [1.165, 1.54) is 62.2 Å². The van der Waals surface area contributed by atoms with Gasteiger partial charge in [-0.2, -0.15) is 5.10 Å². The van der Waals surface area contributed by atoms with E-state index in [4.69, 9.17) is 4.99 Å². The molecule has 0 spiro atoms. The van der Waals surface area contributed by atoms with Gasteiger partial charge in [-0.1, -0.05) is 37.6 Å². The Morgan fingerprint density at radius 2 is 1.93 bits per heavy atom. The van der Waals surface area contributed by atoms with Gasteiger partial charge in [-0.25, -0.2) is 5.01 Å². The van der Waals surface area contributed by atoms with Crippen LogP contribution in [0.3, 0.4) is 0 Å². The van der Waals surface area contributed by atoms with Crippen molar-refractivity contribution in [1.82, 2.24) is 5.01 Å². The molecule has 1 N–H and O–H groups in total. The van der Waals surface area contributed by atoms with Crippen LogP contribution in [0.2, 0.25) is 0 Å². The zero-order valence-corrected chi connectivity index (χ0v) is 17.0. The maximum atomic E-state index is 11.1. The predicted molar refractivity (Wildman–Crippen MR) is 116 cm³/mol. The lowest BCUT2D eigenvalue weighted by Gasteiger charge is -2.22. The first-order chi connectivity index (χ1) is 13.5. The molecule has 0 heterocycles. The van der Waals surface area contributed by atoms with Gasteiger partial charge in [0.05, 0.1) is 6.21 Å². The van der Waals surface area contributed by atoms with Crippen molar-refractivity contribution >= 4 is 34.5 Å². The molecule has 150 valence electrons. The van der Waals surface area contributed by atoms with E-state index in [9.17, 15) is 14.9 Å². The van der Waals surface area contributed by atoms with Gasteiger partial charge in [-0.05, 0) is 54.4 Å². The third-order valence-electron chi connectivity index (χ3n) is 4.59. The molecular weight excluding hydrogens is 378 g/mol. The summed E-state index contributed by atoms with van der Waals surface area (Å²) in [6.45, 7) is 6.49. The fourth-order valence-corrected chi connectivity index (χ4v) is 3.68. The average Bonchev–Trinajstić information content (AvgIpc) is 2.71. The Hall–Kier alpha value is -2.55. The number of nitroso groups, excluding NO2 is 2. The number of thioether (sulfide) groups is 1. The molecule has 28 heavy (non-hydrogen) atoms. The smallest absolute Gasteiger partial charge is 0.184 e. The summed E-state index contributed by atoms with van der Waals surface area (Å²) in [4.78, 5) is 26.7. The number of rotatable bonds is 7. The molecule has 0 aromatic heterocycles. The van der Waals surface area contributed by atoms with Gasteiger partial charge < -0.3 is 5.11 Å². The number of hydrazone groups is 1. The van der Waals surface area contributed by atoms with Crippen molar-refractivity contribution in [2.45, 2.75) is 39.0 Å². The third-order valence-corrected chi connectivity index (χ3v) is 5.26. The van der Waals surface area contributed by atoms with Crippen LogP contribution in [0.4, 0.5) is 11.4 Å². The van der Waals surface area contributed by atoms with Gasteiger partial charge in [-0.3, -0.25) is 4.99 Å². The van der Waals surface area contributed by atoms with E-state index < -0.39 is 11.4 Å². The topological polar surface area (TPSA) is 107 Å². The number of aliphatic imine (C=N–C) groups is 1. The molecule has 1 fully saturated rings. The van der Waals surface area contributed by atoms with Gasteiger partial charge in [-0.15, -0.1) is 9.81 Å². The predicted octanol–water partition coefficient (Wildman–Crippen LogP) is 5.66. The number of hydrogen-bond donors (Lipinski definition) is 1. The molecular formula is C19H25N5O3S. The minimum Gasteiger partial charge on any atom is -0.505 e. The van der Waals surface area contributed by atoms with E-state index in [2.05, 4.69) is 22.0 Å². The normalized spacial score (nSPS) is 15.6. The first-order valence-electron chi connectivity index (χ1n) is 9.12. The SMILES string of the molecule is C=C(C)N(/N=C/c1ccc(O)c(N=O)c1N=O)/C(=N/CC1CCCCC1)SC. The molecule has 8 nitrogen and oxygen atoms in total. The first kappa shape index (κ1) is 21.7. The van der Waals surface area contributed by atoms with Gasteiger partial charge in [0.25, 0.3) is 0 Å². The molecule has 1 aromatic carbocycles. The lowest BCUT2D eigenvalue weighted by molar-refractivity contribution is 0.366. The number of hydrogen-bond acceptors (Lipinski definition) is 8. The highest BCUT2D eigenvalue weighted by Gasteiger charge is 2.17. The molecule has 0 bridgehead atoms. The summed E-state index contributed by atoms with van der Waals surface area (Å²) < 4.78 is 0. The summed E-state index contributed by atoms with van der Waals surface area (Å²) in [5.74, 6) is 0.188. The Balaban J connectivity index is 2.27. The van der Waals surface area contributed by atoms with Gasteiger partial charge in [0.15, 0.2) is 10.9 Å². The van der Waals surface area contributed by atoms with Crippen LogP contribution in [0, 0.1) is 15.7 Å². The van der Waals surface area contributed by atoms with Crippen LogP contribution >= 0.6 is 11.8 Å². The monoisotopic (exact) mass is 403 g/mol. The second kappa shape index (κ2) is 10.7. The number of phenolic OH excluding ortho intramolecular Hbond substituents is 1. The molecule has 2 rings (SSSR count). The van der Waals surface area contributed by atoms with E-state index >= 15 is 0 Å². The zero-order valence-electron chi connectivity index (χ0n) is 16.2. The standard InChI is InChI=1S/C19H25N5O3S/c1-13(2)24(19(28-3)20-11-14-7-5-4-6-8-14)21-12-15-9-10-16(25)18(23-27)17(15)22-26/h9-10,12,14,25H,1,4-8,11H2,2-3H3/b20-19-,21-12+. The van der Waals surface area contributed by atoms with Crippen molar-refractivity contribution in [2.75, 3.05) is 12.8 Å². The second-order valence-corrected chi connectivity index (χ2v) is 7.45. The highest BCUT2D eigenvalue weighted by molar-refractivity contribution is 8.13. The first-order valence-corrected chi connectivity index (χ1v) is 10.3. The Kier molecular flexibility index (Phi) is 8.31. The van der Waals surface area contributed by atoms with Crippen molar-refractivity contribution in [2.24, 2.45) is 26.4 Å². The highest BCUT2D eigenvalue weighted by Crippen LogP contribution is 2.38. The second-order valence-electron chi connectivity index (χ2n) is 6.68. The fraction of sp³-hybridized carbons (Fsp3) is 0.474. The van der Waals surface area contributed by atoms with Crippen LogP contribution in [0.5, 0.6) is 5.75 Å². The summed E-state index contributed by atoms with van der Waals surface area (Å²) in [5.41, 5.74) is 0.254. The van der Waals surface area contributed by atoms with Crippen LogP contribution in [0.25, 0.3) is 0 Å². The molecule has 1 aliphatic rings. The Labute approximate surface area is 168 Å². The molecule has 1 aliphatic carbocycles. The highest BCUT2D eigenvalue weighted by atomic mass is 32.2. The summed E-state index contributed by atoms with van der Waals surface area (Å²) in [7, 11) is 0. The van der Waals surface area contributed by atoms with Gasteiger partial charge in [0.1, 0.15) is 11.4 Å². The van der Waals surface area contributed by atoms with E-state index in [0.717, 1.165) is 6.54 Å². The molecule has 0 atom stereocenters. The van der Waals surface area contributed by atoms with Gasteiger partial charge in [0.2, 0.25) is 0 Å². The van der Waals surface area contributed by atoms with Crippen molar-refractivity contribution in [3.8, 4) is 5.75 Å². The number of amidine groups is 1. The van der Waals surface area contributed by atoms with Crippen LogP contribution in [0.1, 0.15) is 44.6 Å². The Morgan fingerprint density at radius 1 is 1.25 bits per heavy atom. The number of benzene rings is 1. The molecule has 0 saturated heterocycles. The molecule has 0 aliphatic heterocycles. The maximum Gasteiger partial charge on any atom is 0.184 e. The largest absolute Gasteiger partial charge is 0.505 e. The van der Waals surface area contributed by atoms with Crippen LogP contribution in [-0.4, -0.2) is 34.3 Å². The van der Waals surface area contributed by atoms with Crippen molar-refractivity contribution < 1.29 is 5.11 Å². The minimum atomic E-state index is -0.406. The molecule has 1 saturated carbocycles. The van der Waals surface area contributed by atoms with Gasteiger partial charge >= 0.3 is 0 Å². The van der Waals surface area contributed by atoms with E-state index in [1.54, 1.807) is 11.9 Å². The average molecular weight is 404 g/mol. The zero-order chi connectivity index (χ0) is 20.5. The number of aromatic hydroxyl groups is 1. The molecule has 0 radical (unpaired) electrons. The van der Waals surface area contributed by atoms with E-state index in [1.807, 2.05) is 6.26 Å². The molecule has 0 amide bonds. The van der Waals surface area contributed by atoms with E-state index in [0.29, 0.717) is 16.8 Å². The lowest BCUT2D eigenvalue weighted by atomic mass is 9.89. The maximum absolute atomic E-state index is 11.1. The summed E-state index contributed by atoms with van der Waals surface area (Å²) in [6.07, 6.45) is 9.51. The van der Waals surface area contributed by atoms with Crippen molar-refractivity contribution in [3.63, 3.8) is 0 Å². The van der Waals surface area contributed by atoms with Crippen LogP contribution in [0.15, 0.2) is 44.9 Å².